The van der Waals surface area contributed by atoms with Gasteiger partial charge in [-0.25, -0.2) is 9.69 Å². The molecule has 1 heterocycles. The van der Waals surface area contributed by atoms with Gasteiger partial charge in [-0.1, -0.05) is 58.0 Å². The molecular formula is C19H29N3O2. The fourth-order valence-electron chi connectivity index (χ4n) is 3.22. The molecule has 3 amide bonds. The van der Waals surface area contributed by atoms with Crippen molar-refractivity contribution >= 4 is 11.9 Å². The van der Waals surface area contributed by atoms with E-state index in [1.807, 2.05) is 30.3 Å². The molecule has 132 valence electrons. The van der Waals surface area contributed by atoms with Crippen LogP contribution in [0.15, 0.2) is 30.3 Å². The molecule has 1 saturated heterocycles. The Kier molecular flexibility index (Phi) is 5.65. The van der Waals surface area contributed by atoms with Gasteiger partial charge in [0.25, 0.3) is 5.91 Å². The first-order valence-corrected chi connectivity index (χ1v) is 8.66. The summed E-state index contributed by atoms with van der Waals surface area (Å²) >= 11 is 0. The molecule has 0 spiro atoms. The molecule has 0 radical (unpaired) electrons. The molecule has 1 aromatic rings. The number of urea groups is 1. The first-order valence-electron chi connectivity index (χ1n) is 8.66. The van der Waals surface area contributed by atoms with Gasteiger partial charge in [0.1, 0.15) is 5.54 Å². The van der Waals surface area contributed by atoms with E-state index in [0.29, 0.717) is 18.5 Å². The van der Waals surface area contributed by atoms with E-state index in [9.17, 15) is 9.59 Å². The Bertz CT molecular complexity index is 576. The highest BCUT2D eigenvalue weighted by Gasteiger charge is 2.49. The number of carbonyl (C=O) groups is 2. The van der Waals surface area contributed by atoms with Crippen molar-refractivity contribution in [1.29, 1.82) is 0 Å². The zero-order valence-electron chi connectivity index (χ0n) is 15.4. The van der Waals surface area contributed by atoms with Crippen LogP contribution in [-0.2, 0) is 10.3 Å². The van der Waals surface area contributed by atoms with Crippen molar-refractivity contribution in [1.82, 2.24) is 15.1 Å². The topological polar surface area (TPSA) is 52.6 Å². The number of amides is 3. The van der Waals surface area contributed by atoms with Crippen LogP contribution >= 0.6 is 0 Å². The number of nitrogens with zero attached hydrogens (tertiary/aromatic N) is 2. The minimum absolute atomic E-state index is 0.184. The van der Waals surface area contributed by atoms with Crippen LogP contribution in [0.5, 0.6) is 0 Å². The average Bonchev–Trinajstić information content (AvgIpc) is 2.71. The summed E-state index contributed by atoms with van der Waals surface area (Å²) in [5.74, 6) is 0.770. The largest absolute Gasteiger partial charge is 0.326 e. The lowest BCUT2D eigenvalue weighted by atomic mass is 9.92. The summed E-state index contributed by atoms with van der Waals surface area (Å²) in [5, 5.41) is 2.87. The van der Waals surface area contributed by atoms with Crippen LogP contribution in [0.3, 0.4) is 0 Å². The first-order chi connectivity index (χ1) is 11.2. The second-order valence-corrected chi connectivity index (χ2v) is 7.62. The van der Waals surface area contributed by atoms with Crippen molar-refractivity contribution in [3.63, 3.8) is 0 Å². The summed E-state index contributed by atoms with van der Waals surface area (Å²) in [5.41, 5.74) is -0.176. The lowest BCUT2D eigenvalue weighted by molar-refractivity contribution is -0.132. The Labute approximate surface area is 145 Å². The van der Waals surface area contributed by atoms with Crippen LogP contribution < -0.4 is 5.32 Å². The molecule has 0 bridgehead atoms. The third-order valence-electron chi connectivity index (χ3n) is 4.21. The number of rotatable bonds is 7. The summed E-state index contributed by atoms with van der Waals surface area (Å²) in [6.07, 6.45) is 0. The Morgan fingerprint density at radius 1 is 1.04 bits per heavy atom. The average molecular weight is 331 g/mol. The molecule has 1 aromatic carbocycles. The fraction of sp³-hybridized carbons (Fsp3) is 0.579. The molecule has 5 nitrogen and oxygen atoms in total. The zero-order valence-corrected chi connectivity index (χ0v) is 15.4. The van der Waals surface area contributed by atoms with Gasteiger partial charge in [-0.2, -0.15) is 0 Å². The highest BCUT2D eigenvalue weighted by molar-refractivity contribution is 6.07. The maximum atomic E-state index is 13.0. The number of nitrogens with one attached hydrogen (secondary N) is 1. The quantitative estimate of drug-likeness (QED) is 0.781. The van der Waals surface area contributed by atoms with E-state index >= 15 is 0 Å². The summed E-state index contributed by atoms with van der Waals surface area (Å²) in [6.45, 7) is 12.4. The van der Waals surface area contributed by atoms with Crippen molar-refractivity contribution in [2.24, 2.45) is 11.8 Å². The zero-order chi connectivity index (χ0) is 17.9. The highest BCUT2D eigenvalue weighted by atomic mass is 16.2. The third kappa shape index (κ3) is 3.96. The normalized spacial score (nSPS) is 21.2. The summed E-state index contributed by atoms with van der Waals surface area (Å²) in [7, 11) is 0. The molecule has 1 fully saturated rings. The Morgan fingerprint density at radius 2 is 1.58 bits per heavy atom. The molecule has 5 heteroatoms. The molecular weight excluding hydrogens is 302 g/mol. The van der Waals surface area contributed by atoms with Crippen LogP contribution in [0.1, 0.15) is 40.2 Å². The van der Waals surface area contributed by atoms with Crippen molar-refractivity contribution < 1.29 is 9.59 Å². The predicted molar refractivity (Wildman–Crippen MR) is 95.3 cm³/mol. The van der Waals surface area contributed by atoms with Gasteiger partial charge in [-0.05, 0) is 24.3 Å². The standard InChI is InChI=1S/C19H29N3O2/c1-14(2)11-21(12-15(3)4)13-22-17(23)19(5,20-18(22)24)16-9-7-6-8-10-16/h6-10,14-15H,11-13H2,1-5H3,(H,20,24)/t19-/m1/s1. The van der Waals surface area contributed by atoms with Gasteiger partial charge in [0, 0.05) is 13.1 Å². The van der Waals surface area contributed by atoms with Gasteiger partial charge in [0.2, 0.25) is 0 Å². The van der Waals surface area contributed by atoms with E-state index in [1.54, 1.807) is 6.92 Å². The number of benzene rings is 1. The first kappa shape index (κ1) is 18.5. The van der Waals surface area contributed by atoms with Crippen LogP contribution in [0.25, 0.3) is 0 Å². The minimum Gasteiger partial charge on any atom is -0.319 e. The molecule has 1 aliphatic rings. The van der Waals surface area contributed by atoms with E-state index in [1.165, 1.54) is 4.90 Å². The van der Waals surface area contributed by atoms with Crippen molar-refractivity contribution in [2.45, 2.75) is 40.2 Å². The number of hydrogen-bond donors (Lipinski definition) is 1. The Morgan fingerprint density at radius 3 is 2.08 bits per heavy atom. The molecule has 24 heavy (non-hydrogen) atoms. The lowest BCUT2D eigenvalue weighted by Crippen LogP contribution is -2.45. The fourth-order valence-corrected chi connectivity index (χ4v) is 3.22. The van der Waals surface area contributed by atoms with Crippen LogP contribution in [0.2, 0.25) is 0 Å². The van der Waals surface area contributed by atoms with E-state index in [4.69, 9.17) is 0 Å². The second-order valence-electron chi connectivity index (χ2n) is 7.62. The molecule has 0 aliphatic carbocycles. The van der Waals surface area contributed by atoms with Gasteiger partial charge < -0.3 is 5.32 Å². The van der Waals surface area contributed by atoms with E-state index in [-0.39, 0.29) is 11.9 Å². The summed E-state index contributed by atoms with van der Waals surface area (Å²) < 4.78 is 0. The molecule has 1 atom stereocenters. The SMILES string of the molecule is CC(C)CN(CC(C)C)CN1C(=O)N[C@](C)(c2ccccc2)C1=O. The van der Waals surface area contributed by atoms with Gasteiger partial charge in [0.15, 0.2) is 0 Å². The predicted octanol–water partition coefficient (Wildman–Crippen LogP) is 3.03. The maximum Gasteiger partial charge on any atom is 0.326 e. The van der Waals surface area contributed by atoms with Crippen LogP contribution in [0.4, 0.5) is 4.79 Å². The molecule has 0 saturated carbocycles. The van der Waals surface area contributed by atoms with E-state index in [0.717, 1.165) is 18.7 Å². The highest BCUT2D eigenvalue weighted by Crippen LogP contribution is 2.28. The minimum atomic E-state index is -0.986. The number of hydrogen-bond acceptors (Lipinski definition) is 3. The third-order valence-corrected chi connectivity index (χ3v) is 4.21. The molecule has 2 rings (SSSR count). The molecule has 0 aromatic heterocycles. The van der Waals surface area contributed by atoms with Crippen LogP contribution in [0, 0.1) is 11.8 Å². The van der Waals surface area contributed by atoms with Crippen LogP contribution in [-0.4, -0.2) is 41.5 Å². The summed E-state index contributed by atoms with van der Waals surface area (Å²) in [6, 6.07) is 9.10. The number of imide groups is 1. The second kappa shape index (κ2) is 7.34. The molecule has 1 N–H and O–H groups in total. The van der Waals surface area contributed by atoms with Gasteiger partial charge in [-0.15, -0.1) is 0 Å². The number of carbonyl (C=O) groups excluding carboxylic acids is 2. The molecule has 0 unspecified atom stereocenters. The monoisotopic (exact) mass is 331 g/mol. The van der Waals surface area contributed by atoms with E-state index in [2.05, 4.69) is 37.9 Å². The van der Waals surface area contributed by atoms with Gasteiger partial charge >= 0.3 is 6.03 Å². The summed E-state index contributed by atoms with van der Waals surface area (Å²) in [4.78, 5) is 28.9. The molecule has 1 aliphatic heterocycles. The Balaban J connectivity index is 2.18. The van der Waals surface area contributed by atoms with Crippen molar-refractivity contribution in [3.05, 3.63) is 35.9 Å². The lowest BCUT2D eigenvalue weighted by Gasteiger charge is -2.29. The van der Waals surface area contributed by atoms with Gasteiger partial charge in [0.05, 0.1) is 6.67 Å². The smallest absolute Gasteiger partial charge is 0.319 e. The van der Waals surface area contributed by atoms with E-state index < -0.39 is 5.54 Å². The van der Waals surface area contributed by atoms with Gasteiger partial charge in [-0.3, -0.25) is 9.69 Å². The van der Waals surface area contributed by atoms with Crippen molar-refractivity contribution in [2.75, 3.05) is 19.8 Å². The maximum absolute atomic E-state index is 13.0. The Hall–Kier alpha value is -1.88. The van der Waals surface area contributed by atoms with Crippen molar-refractivity contribution in [3.8, 4) is 0 Å².